The van der Waals surface area contributed by atoms with Crippen LogP contribution in [-0.2, 0) is 27.9 Å². The third-order valence-electron chi connectivity index (χ3n) is 9.97. The SMILES string of the molecule is CC[Si](CC)(CC)OC[C@H](C)[C@@H](O)C[C@H]1C[C@](C)(O)C[C@@]2(C[C@@H](O[Si](C)(C)C(C)(C)C)C[C@H](CC(=O)OC(C)(C)C)O2)O1. The summed E-state index contributed by atoms with van der Waals surface area (Å²) in [5.41, 5.74) is -1.66. The molecule has 0 aliphatic carbocycles. The first kappa shape index (κ1) is 38.8. The van der Waals surface area contributed by atoms with E-state index in [0.717, 1.165) is 18.1 Å². The first-order valence-corrected chi connectivity index (χ1v) is 22.2. The second-order valence-corrected chi connectivity index (χ2v) is 25.9. The van der Waals surface area contributed by atoms with Crippen molar-refractivity contribution in [2.45, 2.75) is 192 Å². The number of hydrogen-bond donors (Lipinski definition) is 2. The highest BCUT2D eigenvalue weighted by Crippen LogP contribution is 2.47. The second kappa shape index (κ2) is 14.6. The van der Waals surface area contributed by atoms with Crippen molar-refractivity contribution in [3.63, 3.8) is 0 Å². The van der Waals surface area contributed by atoms with Crippen LogP contribution >= 0.6 is 0 Å². The van der Waals surface area contributed by atoms with Gasteiger partial charge in [-0.1, -0.05) is 48.5 Å². The zero-order chi connectivity index (χ0) is 33.1. The Morgan fingerprint density at radius 1 is 1.00 bits per heavy atom. The molecule has 2 saturated heterocycles. The summed E-state index contributed by atoms with van der Waals surface area (Å²) in [6.07, 6.45) is 0.410. The van der Waals surface area contributed by atoms with Crippen molar-refractivity contribution < 1.29 is 38.1 Å². The van der Waals surface area contributed by atoms with Gasteiger partial charge in [0.15, 0.2) is 22.4 Å². The van der Waals surface area contributed by atoms with Crippen molar-refractivity contribution >= 4 is 22.6 Å². The van der Waals surface area contributed by atoms with E-state index in [1.165, 1.54) is 0 Å². The Bertz CT molecular complexity index is 884. The summed E-state index contributed by atoms with van der Waals surface area (Å²) in [6, 6.07) is 3.21. The van der Waals surface area contributed by atoms with Crippen LogP contribution in [0, 0.1) is 5.92 Å². The summed E-state index contributed by atoms with van der Waals surface area (Å²) >= 11 is 0. The lowest BCUT2D eigenvalue weighted by molar-refractivity contribution is -0.350. The van der Waals surface area contributed by atoms with Crippen LogP contribution in [0.15, 0.2) is 0 Å². The van der Waals surface area contributed by atoms with Gasteiger partial charge in [-0.15, -0.1) is 0 Å². The third-order valence-corrected chi connectivity index (χ3v) is 19.2. The van der Waals surface area contributed by atoms with Gasteiger partial charge >= 0.3 is 5.97 Å². The van der Waals surface area contributed by atoms with E-state index in [1.54, 1.807) is 0 Å². The van der Waals surface area contributed by atoms with E-state index in [2.05, 4.69) is 54.6 Å². The lowest BCUT2D eigenvalue weighted by Gasteiger charge is -2.53. The van der Waals surface area contributed by atoms with Crippen LogP contribution in [0.1, 0.15) is 115 Å². The molecule has 7 atom stereocenters. The zero-order valence-corrected chi connectivity index (χ0v) is 31.8. The van der Waals surface area contributed by atoms with Crippen molar-refractivity contribution in [3.8, 4) is 0 Å². The molecule has 2 fully saturated rings. The fraction of sp³-hybridized carbons (Fsp3) is 0.970. The maximum atomic E-state index is 12.9. The van der Waals surface area contributed by atoms with E-state index in [-0.39, 0.29) is 35.9 Å². The molecular weight excluding hydrogens is 581 g/mol. The van der Waals surface area contributed by atoms with Crippen LogP contribution in [0.2, 0.25) is 36.3 Å². The van der Waals surface area contributed by atoms with Crippen LogP contribution < -0.4 is 0 Å². The molecule has 2 heterocycles. The molecule has 8 nitrogen and oxygen atoms in total. The molecular formula is C33H66O8Si2. The average Bonchev–Trinajstić information content (AvgIpc) is 2.81. The highest BCUT2D eigenvalue weighted by molar-refractivity contribution is 6.74. The predicted octanol–water partition coefficient (Wildman–Crippen LogP) is 7.32. The van der Waals surface area contributed by atoms with Gasteiger partial charge in [-0.05, 0) is 70.4 Å². The van der Waals surface area contributed by atoms with Crippen LogP contribution in [-0.4, -0.2) is 80.8 Å². The number of esters is 1. The van der Waals surface area contributed by atoms with Gasteiger partial charge in [-0.2, -0.15) is 0 Å². The minimum atomic E-state index is -2.15. The topological polar surface area (TPSA) is 104 Å². The van der Waals surface area contributed by atoms with Crippen molar-refractivity contribution in [1.82, 2.24) is 0 Å². The summed E-state index contributed by atoms with van der Waals surface area (Å²) in [5.74, 6) is -1.52. The van der Waals surface area contributed by atoms with Gasteiger partial charge in [0, 0.05) is 38.2 Å². The fourth-order valence-electron chi connectivity index (χ4n) is 6.33. The van der Waals surface area contributed by atoms with Crippen LogP contribution in [0.4, 0.5) is 0 Å². The molecule has 2 N–H and O–H groups in total. The smallest absolute Gasteiger partial charge is 0.308 e. The molecule has 0 saturated carbocycles. The average molecular weight is 647 g/mol. The van der Waals surface area contributed by atoms with Crippen molar-refractivity contribution in [1.29, 1.82) is 0 Å². The minimum absolute atomic E-state index is 0.0106. The molecule has 254 valence electrons. The normalized spacial score (nSPS) is 30.7. The zero-order valence-electron chi connectivity index (χ0n) is 29.8. The highest BCUT2D eigenvalue weighted by atomic mass is 28.4. The molecule has 43 heavy (non-hydrogen) atoms. The minimum Gasteiger partial charge on any atom is -0.460 e. The first-order valence-electron chi connectivity index (χ1n) is 16.8. The Morgan fingerprint density at radius 2 is 1.56 bits per heavy atom. The first-order chi connectivity index (χ1) is 19.5. The standard InChI is InChI=1S/C33H66O8Si2/c1-14-43(15-2,16-3)37-22-24(4)28(34)18-26-20-32(11,36)23-33(39-26)21-27(41-42(12,13)31(8,9)10)17-25(38-33)19-29(35)40-30(5,6)7/h24-28,34,36H,14-23H2,1-13H3/t24-,25+,26-,27-,28-,32-,33+/m0/s1. The maximum absolute atomic E-state index is 12.9. The van der Waals surface area contributed by atoms with E-state index >= 15 is 0 Å². The summed E-state index contributed by atoms with van der Waals surface area (Å²) in [4.78, 5) is 12.9. The van der Waals surface area contributed by atoms with E-state index in [0.29, 0.717) is 32.3 Å². The number of hydrogen-bond acceptors (Lipinski definition) is 8. The molecule has 1 spiro atoms. The predicted molar refractivity (Wildman–Crippen MR) is 177 cm³/mol. The summed E-state index contributed by atoms with van der Waals surface area (Å²) < 4.78 is 32.4. The van der Waals surface area contributed by atoms with Crippen LogP contribution in [0.25, 0.3) is 0 Å². The number of carbonyl (C=O) groups is 1. The summed E-state index contributed by atoms with van der Waals surface area (Å²) in [5, 5.41) is 22.8. The Balaban J connectivity index is 2.27. The molecule has 2 aliphatic rings. The van der Waals surface area contributed by atoms with Gasteiger partial charge in [0.2, 0.25) is 0 Å². The van der Waals surface area contributed by atoms with Gasteiger partial charge in [0.25, 0.3) is 0 Å². The van der Waals surface area contributed by atoms with Gasteiger partial charge in [-0.25, -0.2) is 0 Å². The van der Waals surface area contributed by atoms with Gasteiger partial charge in [-0.3, -0.25) is 4.79 Å². The van der Waals surface area contributed by atoms with E-state index < -0.39 is 51.9 Å². The molecule has 10 heteroatoms. The summed E-state index contributed by atoms with van der Waals surface area (Å²) in [7, 11) is -3.91. The second-order valence-electron chi connectivity index (χ2n) is 16.3. The van der Waals surface area contributed by atoms with Gasteiger partial charge in [0.05, 0.1) is 36.4 Å². The Hall–Kier alpha value is -0.336. The van der Waals surface area contributed by atoms with Crippen molar-refractivity contribution in [2.24, 2.45) is 5.92 Å². The van der Waals surface area contributed by atoms with E-state index in [4.69, 9.17) is 23.1 Å². The largest absolute Gasteiger partial charge is 0.460 e. The number of aliphatic hydroxyl groups is 2. The Labute approximate surface area is 265 Å². The summed E-state index contributed by atoms with van der Waals surface area (Å²) in [6.45, 7) is 27.7. The Morgan fingerprint density at radius 3 is 2.07 bits per heavy atom. The lowest BCUT2D eigenvalue weighted by Crippen LogP contribution is -2.60. The van der Waals surface area contributed by atoms with E-state index in [9.17, 15) is 15.0 Å². The van der Waals surface area contributed by atoms with E-state index in [1.807, 2.05) is 34.6 Å². The molecule has 0 unspecified atom stereocenters. The quantitative estimate of drug-likeness (QED) is 0.158. The number of aliphatic hydroxyl groups excluding tert-OH is 1. The third kappa shape index (κ3) is 11.4. The molecule has 2 aliphatic heterocycles. The molecule has 2 rings (SSSR count). The Kier molecular flexibility index (Phi) is 13.2. The molecule has 0 aromatic rings. The highest BCUT2D eigenvalue weighted by Gasteiger charge is 2.54. The molecule has 0 bridgehead atoms. The molecule has 0 aromatic carbocycles. The lowest BCUT2D eigenvalue weighted by atomic mass is 9.80. The van der Waals surface area contributed by atoms with Gasteiger partial charge < -0.3 is 33.3 Å². The maximum Gasteiger partial charge on any atom is 0.308 e. The van der Waals surface area contributed by atoms with Crippen molar-refractivity contribution in [2.75, 3.05) is 6.61 Å². The van der Waals surface area contributed by atoms with Gasteiger partial charge in [0.1, 0.15) is 5.60 Å². The fourth-order valence-corrected chi connectivity index (χ4v) is 10.4. The molecule has 0 amide bonds. The van der Waals surface area contributed by atoms with Crippen LogP contribution in [0.3, 0.4) is 0 Å². The molecule has 0 aromatic heterocycles. The number of rotatable bonds is 13. The van der Waals surface area contributed by atoms with Crippen molar-refractivity contribution in [3.05, 3.63) is 0 Å². The molecule has 0 radical (unpaired) electrons. The monoisotopic (exact) mass is 646 g/mol. The number of carbonyl (C=O) groups excluding carboxylic acids is 1. The van der Waals surface area contributed by atoms with Crippen LogP contribution in [0.5, 0.6) is 0 Å². The number of ether oxygens (including phenoxy) is 3.